The maximum absolute atomic E-state index is 12.2. The van der Waals surface area contributed by atoms with E-state index in [2.05, 4.69) is 10.4 Å². The molecule has 3 rings (SSSR count). The summed E-state index contributed by atoms with van der Waals surface area (Å²) in [6.45, 7) is 2.24. The molecule has 6 heteroatoms. The first kappa shape index (κ1) is 18.7. The molecule has 0 atom stereocenters. The van der Waals surface area contributed by atoms with E-state index >= 15 is 0 Å². The largest absolute Gasteiger partial charge is 0.496 e. The molecule has 2 aromatic carbocycles. The lowest BCUT2D eigenvalue weighted by Gasteiger charge is -2.08. The third-order valence-corrected chi connectivity index (χ3v) is 4.46. The van der Waals surface area contributed by atoms with Crippen molar-refractivity contribution in [3.63, 3.8) is 0 Å². The Hall–Kier alpha value is -3.05. The van der Waals surface area contributed by atoms with Gasteiger partial charge in [-0.15, -0.1) is 0 Å². The highest BCUT2D eigenvalue weighted by Crippen LogP contribution is 2.24. The maximum Gasteiger partial charge on any atom is 0.244 e. The topological polar surface area (TPSA) is 56.1 Å². The standard InChI is InChI=1S/C21H20ClN3O2/c1-15-18(21(22)25(24-15)17-9-4-3-5-10-17)12-13-20(26)23-14-16-8-6-7-11-19(16)27-2/h3-13H,14H2,1-2H3,(H,23,26)/b13-12+. The molecule has 0 aliphatic rings. The van der Waals surface area contributed by atoms with Gasteiger partial charge in [-0.05, 0) is 31.2 Å². The summed E-state index contributed by atoms with van der Waals surface area (Å²) in [4.78, 5) is 12.2. The number of methoxy groups -OCH3 is 1. The Bertz CT molecular complexity index is 965. The number of nitrogens with zero attached hydrogens (tertiary/aromatic N) is 2. The fourth-order valence-corrected chi connectivity index (χ4v) is 3.03. The lowest BCUT2D eigenvalue weighted by molar-refractivity contribution is -0.116. The van der Waals surface area contributed by atoms with Crippen molar-refractivity contribution in [2.75, 3.05) is 7.11 Å². The van der Waals surface area contributed by atoms with Crippen molar-refractivity contribution in [2.24, 2.45) is 0 Å². The van der Waals surface area contributed by atoms with Gasteiger partial charge in [0.15, 0.2) is 0 Å². The number of aryl methyl sites for hydroxylation is 1. The van der Waals surface area contributed by atoms with Crippen molar-refractivity contribution in [1.82, 2.24) is 15.1 Å². The van der Waals surface area contributed by atoms with E-state index in [0.717, 1.165) is 22.7 Å². The average molecular weight is 382 g/mol. The number of amides is 1. The van der Waals surface area contributed by atoms with E-state index in [1.54, 1.807) is 17.9 Å². The molecule has 0 aliphatic heterocycles. The van der Waals surface area contributed by atoms with E-state index in [9.17, 15) is 4.79 Å². The molecule has 1 heterocycles. The van der Waals surface area contributed by atoms with Gasteiger partial charge in [0.25, 0.3) is 0 Å². The first-order chi connectivity index (χ1) is 13.1. The second-order valence-corrected chi connectivity index (χ2v) is 6.26. The normalized spacial score (nSPS) is 10.9. The van der Waals surface area contributed by atoms with Gasteiger partial charge in [-0.25, -0.2) is 4.68 Å². The van der Waals surface area contributed by atoms with E-state index in [-0.39, 0.29) is 5.91 Å². The van der Waals surface area contributed by atoms with Crippen LogP contribution in [0.2, 0.25) is 5.15 Å². The molecule has 0 saturated carbocycles. The minimum atomic E-state index is -0.219. The summed E-state index contributed by atoms with van der Waals surface area (Å²) < 4.78 is 6.94. The molecular formula is C21H20ClN3O2. The fourth-order valence-electron chi connectivity index (χ4n) is 2.69. The Labute approximate surface area is 163 Å². The quantitative estimate of drug-likeness (QED) is 0.652. The first-order valence-electron chi connectivity index (χ1n) is 8.48. The van der Waals surface area contributed by atoms with Gasteiger partial charge in [0, 0.05) is 23.7 Å². The highest BCUT2D eigenvalue weighted by Gasteiger charge is 2.12. The minimum absolute atomic E-state index is 0.219. The van der Waals surface area contributed by atoms with Crippen LogP contribution in [0.3, 0.4) is 0 Å². The molecule has 0 saturated heterocycles. The zero-order valence-corrected chi connectivity index (χ0v) is 15.9. The molecule has 27 heavy (non-hydrogen) atoms. The van der Waals surface area contributed by atoms with Crippen LogP contribution in [-0.2, 0) is 11.3 Å². The Kier molecular flexibility index (Phi) is 5.94. The molecule has 1 aromatic heterocycles. The average Bonchev–Trinajstić information content (AvgIpc) is 2.99. The third-order valence-electron chi connectivity index (χ3n) is 4.10. The number of ether oxygens (including phenoxy) is 1. The summed E-state index contributed by atoms with van der Waals surface area (Å²) in [5, 5.41) is 7.77. The molecule has 5 nitrogen and oxygen atoms in total. The number of hydrogen-bond donors (Lipinski definition) is 1. The fraction of sp³-hybridized carbons (Fsp3) is 0.143. The molecular weight excluding hydrogens is 362 g/mol. The second kappa shape index (κ2) is 8.56. The molecule has 0 fully saturated rings. The maximum atomic E-state index is 12.2. The molecule has 0 spiro atoms. The van der Waals surface area contributed by atoms with Gasteiger partial charge in [0.05, 0.1) is 18.5 Å². The molecule has 138 valence electrons. The summed E-state index contributed by atoms with van der Waals surface area (Å²) >= 11 is 6.46. The van der Waals surface area contributed by atoms with Gasteiger partial charge in [0.2, 0.25) is 5.91 Å². The summed E-state index contributed by atoms with van der Waals surface area (Å²) in [6.07, 6.45) is 3.14. The van der Waals surface area contributed by atoms with Crippen molar-refractivity contribution in [2.45, 2.75) is 13.5 Å². The molecule has 3 aromatic rings. The van der Waals surface area contributed by atoms with Crippen LogP contribution in [0.15, 0.2) is 60.7 Å². The van der Waals surface area contributed by atoms with E-state index in [1.807, 2.05) is 61.5 Å². The van der Waals surface area contributed by atoms with Crippen LogP contribution < -0.4 is 10.1 Å². The number of nitrogens with one attached hydrogen (secondary N) is 1. The summed E-state index contributed by atoms with van der Waals surface area (Å²) in [7, 11) is 1.61. The monoisotopic (exact) mass is 381 g/mol. The lowest BCUT2D eigenvalue weighted by atomic mass is 10.2. The van der Waals surface area contributed by atoms with Gasteiger partial charge >= 0.3 is 0 Å². The minimum Gasteiger partial charge on any atom is -0.496 e. The van der Waals surface area contributed by atoms with Crippen molar-refractivity contribution < 1.29 is 9.53 Å². The number of para-hydroxylation sites is 2. The third kappa shape index (κ3) is 4.38. The second-order valence-electron chi connectivity index (χ2n) is 5.90. The summed E-state index contributed by atoms with van der Waals surface area (Å²) in [5.41, 5.74) is 3.24. The molecule has 1 amide bonds. The van der Waals surface area contributed by atoms with Gasteiger partial charge < -0.3 is 10.1 Å². The Morgan fingerprint density at radius 3 is 2.63 bits per heavy atom. The number of hydrogen-bond acceptors (Lipinski definition) is 3. The van der Waals surface area contributed by atoms with Gasteiger partial charge in [-0.1, -0.05) is 48.0 Å². The number of rotatable bonds is 6. The molecule has 0 aliphatic carbocycles. The lowest BCUT2D eigenvalue weighted by Crippen LogP contribution is -2.20. The van der Waals surface area contributed by atoms with E-state index < -0.39 is 0 Å². The van der Waals surface area contributed by atoms with E-state index in [1.165, 1.54) is 6.08 Å². The molecule has 1 N–H and O–H groups in total. The summed E-state index contributed by atoms with van der Waals surface area (Å²) in [6, 6.07) is 17.2. The number of aromatic nitrogens is 2. The van der Waals surface area contributed by atoms with Crippen LogP contribution in [0.1, 0.15) is 16.8 Å². The zero-order chi connectivity index (χ0) is 19.2. The Morgan fingerprint density at radius 1 is 1.19 bits per heavy atom. The Balaban J connectivity index is 1.71. The van der Waals surface area contributed by atoms with Gasteiger partial charge in [0.1, 0.15) is 10.9 Å². The number of carbonyl (C=O) groups excluding carboxylic acids is 1. The molecule has 0 radical (unpaired) electrons. The molecule has 0 bridgehead atoms. The van der Waals surface area contributed by atoms with Crippen LogP contribution >= 0.6 is 11.6 Å². The number of benzene rings is 2. The SMILES string of the molecule is COc1ccccc1CNC(=O)/C=C/c1c(C)nn(-c2ccccc2)c1Cl. The van der Waals surface area contributed by atoms with Crippen molar-refractivity contribution >= 4 is 23.6 Å². The first-order valence-corrected chi connectivity index (χ1v) is 8.86. The van der Waals surface area contributed by atoms with Crippen LogP contribution in [0, 0.1) is 6.92 Å². The van der Waals surface area contributed by atoms with Crippen molar-refractivity contribution in [1.29, 1.82) is 0 Å². The Morgan fingerprint density at radius 2 is 1.89 bits per heavy atom. The number of halogens is 1. The van der Waals surface area contributed by atoms with Crippen LogP contribution in [-0.4, -0.2) is 22.8 Å². The highest BCUT2D eigenvalue weighted by atomic mass is 35.5. The van der Waals surface area contributed by atoms with Crippen LogP contribution in [0.4, 0.5) is 0 Å². The predicted molar refractivity (Wildman–Crippen MR) is 107 cm³/mol. The van der Waals surface area contributed by atoms with Crippen LogP contribution in [0.5, 0.6) is 5.75 Å². The van der Waals surface area contributed by atoms with Crippen molar-refractivity contribution in [3.8, 4) is 11.4 Å². The van der Waals surface area contributed by atoms with Gasteiger partial charge in [-0.2, -0.15) is 5.10 Å². The van der Waals surface area contributed by atoms with E-state index in [4.69, 9.17) is 16.3 Å². The number of carbonyl (C=O) groups is 1. The van der Waals surface area contributed by atoms with Crippen LogP contribution in [0.25, 0.3) is 11.8 Å². The van der Waals surface area contributed by atoms with Crippen molar-refractivity contribution in [3.05, 3.63) is 82.6 Å². The summed E-state index contributed by atoms with van der Waals surface area (Å²) in [5.74, 6) is 0.522. The van der Waals surface area contributed by atoms with Gasteiger partial charge in [-0.3, -0.25) is 4.79 Å². The smallest absolute Gasteiger partial charge is 0.244 e. The predicted octanol–water partition coefficient (Wildman–Crippen LogP) is 4.17. The highest BCUT2D eigenvalue weighted by molar-refractivity contribution is 6.31. The molecule has 0 unspecified atom stereocenters. The zero-order valence-electron chi connectivity index (χ0n) is 15.1. The van der Waals surface area contributed by atoms with E-state index in [0.29, 0.717) is 17.3 Å².